The van der Waals surface area contributed by atoms with Gasteiger partial charge < -0.3 is 5.32 Å². The van der Waals surface area contributed by atoms with Crippen molar-refractivity contribution in [1.82, 2.24) is 4.98 Å². The van der Waals surface area contributed by atoms with Gasteiger partial charge in [0.15, 0.2) is 5.13 Å². The van der Waals surface area contributed by atoms with E-state index in [-0.39, 0.29) is 11.9 Å². The topological polar surface area (TPSA) is 24.9 Å². The van der Waals surface area contributed by atoms with Crippen LogP contribution in [0.15, 0.2) is 28.2 Å². The average molecular weight is 315 g/mol. The molecule has 5 heteroatoms. The molecule has 0 saturated heterocycles. The summed E-state index contributed by atoms with van der Waals surface area (Å²) in [5.41, 5.74) is 1.58. The second-order valence-electron chi connectivity index (χ2n) is 3.85. The Labute approximate surface area is 112 Å². The molecule has 1 N–H and O–H groups in total. The molecule has 0 fully saturated rings. The third-order valence-corrected chi connectivity index (χ3v) is 3.99. The van der Waals surface area contributed by atoms with Crippen LogP contribution in [0, 0.1) is 12.7 Å². The maximum absolute atomic E-state index is 13.4. The molecule has 0 amide bonds. The highest BCUT2D eigenvalue weighted by Gasteiger charge is 2.09. The number of thiazole rings is 1. The second-order valence-corrected chi connectivity index (χ2v) is 5.52. The minimum Gasteiger partial charge on any atom is -0.355 e. The first kappa shape index (κ1) is 12.5. The summed E-state index contributed by atoms with van der Waals surface area (Å²) in [6.07, 6.45) is 0. The summed E-state index contributed by atoms with van der Waals surface area (Å²) < 4.78 is 14.2. The monoisotopic (exact) mass is 314 g/mol. The second kappa shape index (κ2) is 5.14. The van der Waals surface area contributed by atoms with E-state index >= 15 is 0 Å². The summed E-state index contributed by atoms with van der Waals surface area (Å²) >= 11 is 4.82. The lowest BCUT2D eigenvalue weighted by Gasteiger charge is -2.13. The molecule has 0 bridgehead atoms. The van der Waals surface area contributed by atoms with E-state index in [1.165, 1.54) is 11.3 Å². The van der Waals surface area contributed by atoms with Gasteiger partial charge in [0.05, 0.1) is 6.04 Å². The molecule has 1 aromatic heterocycles. The van der Waals surface area contributed by atoms with Gasteiger partial charge in [-0.3, -0.25) is 0 Å². The predicted octanol–water partition coefficient (Wildman–Crippen LogP) is 4.53. The number of nitrogens with one attached hydrogen (secondary N) is 1. The number of benzene rings is 1. The van der Waals surface area contributed by atoms with Crippen LogP contribution in [0.4, 0.5) is 9.52 Å². The molecule has 0 aliphatic carbocycles. The number of halogens is 2. The van der Waals surface area contributed by atoms with Crippen molar-refractivity contribution in [3.05, 3.63) is 45.1 Å². The number of nitrogens with zero attached hydrogens (tertiary/aromatic N) is 1. The van der Waals surface area contributed by atoms with E-state index in [1.807, 2.05) is 18.4 Å². The Hall–Kier alpha value is -0.940. The number of aromatic nitrogens is 1. The van der Waals surface area contributed by atoms with E-state index in [9.17, 15) is 4.39 Å². The van der Waals surface area contributed by atoms with Crippen LogP contribution in [0.3, 0.4) is 0 Å². The normalized spacial score (nSPS) is 12.5. The summed E-state index contributed by atoms with van der Waals surface area (Å²) in [7, 11) is 0. The molecule has 0 radical (unpaired) electrons. The summed E-state index contributed by atoms with van der Waals surface area (Å²) in [5.74, 6) is -0.170. The Kier molecular flexibility index (Phi) is 3.79. The Morgan fingerprint density at radius 2 is 2.24 bits per heavy atom. The van der Waals surface area contributed by atoms with Crippen molar-refractivity contribution < 1.29 is 4.39 Å². The molecule has 0 saturated carbocycles. The van der Waals surface area contributed by atoms with Gasteiger partial charge in [-0.25, -0.2) is 9.37 Å². The molecule has 0 aliphatic rings. The van der Waals surface area contributed by atoms with Crippen LogP contribution in [0.25, 0.3) is 0 Å². The minimum atomic E-state index is -0.170. The molecule has 2 rings (SSSR count). The number of rotatable bonds is 3. The quantitative estimate of drug-likeness (QED) is 0.900. The first-order chi connectivity index (χ1) is 8.06. The molecule has 1 aromatic carbocycles. The lowest BCUT2D eigenvalue weighted by molar-refractivity contribution is 0.614. The average Bonchev–Trinajstić information content (AvgIpc) is 2.68. The Morgan fingerprint density at radius 3 is 2.82 bits per heavy atom. The van der Waals surface area contributed by atoms with Gasteiger partial charge in [-0.1, -0.05) is 12.1 Å². The van der Waals surface area contributed by atoms with Gasteiger partial charge in [-0.05, 0) is 47.0 Å². The van der Waals surface area contributed by atoms with Gasteiger partial charge >= 0.3 is 0 Å². The van der Waals surface area contributed by atoms with Gasteiger partial charge in [0.25, 0.3) is 0 Å². The van der Waals surface area contributed by atoms with E-state index in [2.05, 4.69) is 26.2 Å². The maximum atomic E-state index is 13.4. The van der Waals surface area contributed by atoms with Crippen LogP contribution in [-0.2, 0) is 0 Å². The summed E-state index contributed by atoms with van der Waals surface area (Å²) in [5, 5.41) is 5.97. The van der Waals surface area contributed by atoms with E-state index in [1.54, 1.807) is 19.1 Å². The first-order valence-electron chi connectivity index (χ1n) is 5.20. The molecule has 1 atom stereocenters. The van der Waals surface area contributed by atoms with Crippen molar-refractivity contribution in [3.63, 3.8) is 0 Å². The smallest absolute Gasteiger partial charge is 0.184 e. The lowest BCUT2D eigenvalue weighted by Crippen LogP contribution is -2.06. The fourth-order valence-electron chi connectivity index (χ4n) is 1.47. The summed E-state index contributed by atoms with van der Waals surface area (Å²) in [6.45, 7) is 3.74. The number of aryl methyl sites for hydroxylation is 1. The standard InChI is InChI=1S/C12H12BrFN2S/c1-7-3-4-9(5-10(7)14)8(2)15-12-16-11(13)6-17-12/h3-6,8H,1-2H3,(H,15,16). The highest BCUT2D eigenvalue weighted by molar-refractivity contribution is 9.10. The zero-order valence-electron chi connectivity index (χ0n) is 9.50. The van der Waals surface area contributed by atoms with Crippen molar-refractivity contribution in [2.75, 3.05) is 5.32 Å². The Bertz CT molecular complexity index is 527. The molecule has 0 spiro atoms. The van der Waals surface area contributed by atoms with Gasteiger partial charge in [0, 0.05) is 5.38 Å². The number of hydrogen-bond acceptors (Lipinski definition) is 3. The predicted molar refractivity (Wildman–Crippen MR) is 73.0 cm³/mol. The van der Waals surface area contributed by atoms with E-state index < -0.39 is 0 Å². The van der Waals surface area contributed by atoms with Crippen molar-refractivity contribution in [1.29, 1.82) is 0 Å². The highest BCUT2D eigenvalue weighted by atomic mass is 79.9. The molecule has 90 valence electrons. The SMILES string of the molecule is Cc1ccc(C(C)Nc2nc(Br)cs2)cc1F. The van der Waals surface area contributed by atoms with Crippen LogP contribution >= 0.6 is 27.3 Å². The van der Waals surface area contributed by atoms with Crippen molar-refractivity contribution in [3.8, 4) is 0 Å². The fourth-order valence-corrected chi connectivity index (χ4v) is 2.70. The molecule has 1 unspecified atom stereocenters. The van der Waals surface area contributed by atoms with Crippen molar-refractivity contribution in [2.45, 2.75) is 19.9 Å². The van der Waals surface area contributed by atoms with Crippen LogP contribution < -0.4 is 5.32 Å². The van der Waals surface area contributed by atoms with Crippen LogP contribution in [0.1, 0.15) is 24.1 Å². The van der Waals surface area contributed by atoms with E-state index in [0.29, 0.717) is 5.56 Å². The molecule has 17 heavy (non-hydrogen) atoms. The highest BCUT2D eigenvalue weighted by Crippen LogP contribution is 2.25. The third-order valence-electron chi connectivity index (χ3n) is 2.51. The maximum Gasteiger partial charge on any atom is 0.184 e. The van der Waals surface area contributed by atoms with Crippen molar-refractivity contribution >= 4 is 32.4 Å². The molecular weight excluding hydrogens is 303 g/mol. The van der Waals surface area contributed by atoms with Gasteiger partial charge in [-0.15, -0.1) is 11.3 Å². The summed E-state index contributed by atoms with van der Waals surface area (Å²) in [6, 6.07) is 5.32. The van der Waals surface area contributed by atoms with Gasteiger partial charge in [0.1, 0.15) is 10.4 Å². The number of anilines is 1. The van der Waals surface area contributed by atoms with E-state index in [4.69, 9.17) is 0 Å². The largest absolute Gasteiger partial charge is 0.355 e. The molecular formula is C12H12BrFN2S. The minimum absolute atomic E-state index is 0.0307. The van der Waals surface area contributed by atoms with Crippen LogP contribution in [0.2, 0.25) is 0 Å². The van der Waals surface area contributed by atoms with Crippen LogP contribution in [0.5, 0.6) is 0 Å². The zero-order chi connectivity index (χ0) is 12.4. The first-order valence-corrected chi connectivity index (χ1v) is 6.87. The van der Waals surface area contributed by atoms with Crippen LogP contribution in [-0.4, -0.2) is 4.98 Å². The fraction of sp³-hybridized carbons (Fsp3) is 0.250. The zero-order valence-corrected chi connectivity index (χ0v) is 11.9. The Balaban J connectivity index is 2.14. The molecule has 0 aliphatic heterocycles. The Morgan fingerprint density at radius 1 is 1.47 bits per heavy atom. The molecule has 2 nitrogen and oxygen atoms in total. The summed E-state index contributed by atoms with van der Waals surface area (Å²) in [4.78, 5) is 4.25. The molecule has 2 aromatic rings. The van der Waals surface area contributed by atoms with Crippen molar-refractivity contribution in [2.24, 2.45) is 0 Å². The third kappa shape index (κ3) is 3.04. The van der Waals surface area contributed by atoms with Gasteiger partial charge in [0.2, 0.25) is 0 Å². The van der Waals surface area contributed by atoms with E-state index in [0.717, 1.165) is 15.3 Å². The van der Waals surface area contributed by atoms with Gasteiger partial charge in [-0.2, -0.15) is 0 Å². The number of hydrogen-bond donors (Lipinski definition) is 1. The lowest BCUT2D eigenvalue weighted by atomic mass is 10.1. The molecule has 1 heterocycles.